The topological polar surface area (TPSA) is 48.3 Å². The lowest BCUT2D eigenvalue weighted by molar-refractivity contribution is 0.178. The van der Waals surface area contributed by atoms with Crippen LogP contribution >= 0.6 is 0 Å². The Bertz CT molecular complexity index is 167. The molecule has 0 amide bonds. The second-order valence-electron chi connectivity index (χ2n) is 3.41. The van der Waals surface area contributed by atoms with Crippen molar-refractivity contribution in [3.05, 3.63) is 0 Å². The van der Waals surface area contributed by atoms with Crippen LogP contribution in [-0.2, 0) is 4.74 Å². The first-order valence-electron chi connectivity index (χ1n) is 4.99. The predicted molar refractivity (Wildman–Crippen MR) is 57.1 cm³/mol. The summed E-state index contributed by atoms with van der Waals surface area (Å²) >= 11 is 0. The van der Waals surface area contributed by atoms with Crippen molar-refractivity contribution in [1.82, 2.24) is 10.2 Å². The van der Waals surface area contributed by atoms with Crippen molar-refractivity contribution in [2.75, 3.05) is 40.9 Å². The Balaban J connectivity index is 3.43. The zero-order valence-electron chi connectivity index (χ0n) is 9.42. The van der Waals surface area contributed by atoms with Gasteiger partial charge in [-0.05, 0) is 26.9 Å². The Kier molecular flexibility index (Phi) is 8.54. The average molecular weight is 199 g/mol. The first kappa shape index (κ1) is 13.4. The molecule has 0 rings (SSSR count). The highest BCUT2D eigenvalue weighted by Gasteiger charge is 2.05. The maximum Gasteiger partial charge on any atom is 0.0962 e. The maximum absolute atomic E-state index is 8.70. The van der Waals surface area contributed by atoms with Crippen LogP contribution < -0.4 is 5.32 Å². The highest BCUT2D eigenvalue weighted by molar-refractivity contribution is 4.88. The number of nitriles is 1. The van der Waals surface area contributed by atoms with E-state index in [1.165, 1.54) is 0 Å². The predicted octanol–water partition coefficient (Wildman–Crippen LogP) is 0.456. The monoisotopic (exact) mass is 199 g/mol. The summed E-state index contributed by atoms with van der Waals surface area (Å²) in [4.78, 5) is 2.22. The molecule has 0 saturated heterocycles. The van der Waals surface area contributed by atoms with Crippen molar-refractivity contribution in [3.63, 3.8) is 0 Å². The first-order valence-corrected chi connectivity index (χ1v) is 4.99. The van der Waals surface area contributed by atoms with E-state index in [-0.39, 0.29) is 6.04 Å². The minimum absolute atomic E-state index is 0.0279. The molecule has 0 aliphatic carbocycles. The zero-order valence-corrected chi connectivity index (χ0v) is 9.42. The van der Waals surface area contributed by atoms with Crippen molar-refractivity contribution in [1.29, 1.82) is 5.26 Å². The minimum Gasteiger partial charge on any atom is -0.385 e. The van der Waals surface area contributed by atoms with Crippen LogP contribution in [0.2, 0.25) is 0 Å². The summed E-state index contributed by atoms with van der Waals surface area (Å²) in [5, 5.41) is 11.7. The van der Waals surface area contributed by atoms with Gasteiger partial charge in [0.15, 0.2) is 0 Å². The summed E-state index contributed by atoms with van der Waals surface area (Å²) in [5.74, 6) is 0. The molecule has 0 fully saturated rings. The zero-order chi connectivity index (χ0) is 10.8. The van der Waals surface area contributed by atoms with E-state index in [0.29, 0.717) is 0 Å². The van der Waals surface area contributed by atoms with Gasteiger partial charge in [-0.2, -0.15) is 5.26 Å². The Hall–Kier alpha value is -0.630. The summed E-state index contributed by atoms with van der Waals surface area (Å²) in [6.07, 6.45) is 1.92. The van der Waals surface area contributed by atoms with Gasteiger partial charge in [-0.15, -0.1) is 0 Å². The number of rotatable bonds is 8. The smallest absolute Gasteiger partial charge is 0.0962 e. The Morgan fingerprint density at radius 1 is 1.50 bits per heavy atom. The van der Waals surface area contributed by atoms with Gasteiger partial charge in [0.25, 0.3) is 0 Å². The molecule has 82 valence electrons. The second kappa shape index (κ2) is 8.95. The number of nitrogens with one attached hydrogen (secondary N) is 1. The van der Waals surface area contributed by atoms with Gasteiger partial charge in [-0.1, -0.05) is 0 Å². The van der Waals surface area contributed by atoms with E-state index < -0.39 is 0 Å². The SMILES string of the molecule is CNC(C#N)CCN(C)CCCOC. The van der Waals surface area contributed by atoms with E-state index in [9.17, 15) is 0 Å². The minimum atomic E-state index is -0.0279. The van der Waals surface area contributed by atoms with E-state index in [1.54, 1.807) is 7.11 Å². The molecule has 4 nitrogen and oxygen atoms in total. The lowest BCUT2D eigenvalue weighted by Gasteiger charge is -2.17. The van der Waals surface area contributed by atoms with Crippen LogP contribution in [-0.4, -0.2) is 51.8 Å². The molecule has 0 aromatic carbocycles. The molecule has 14 heavy (non-hydrogen) atoms. The summed E-state index contributed by atoms with van der Waals surface area (Å²) < 4.78 is 4.97. The largest absolute Gasteiger partial charge is 0.385 e. The standard InChI is InChI=1S/C10H21N3O/c1-12-10(9-11)5-7-13(2)6-4-8-14-3/h10,12H,4-8H2,1-3H3. The molecular weight excluding hydrogens is 178 g/mol. The molecule has 1 N–H and O–H groups in total. The van der Waals surface area contributed by atoms with Gasteiger partial charge < -0.3 is 15.0 Å². The fourth-order valence-corrected chi connectivity index (χ4v) is 1.21. The van der Waals surface area contributed by atoms with Gasteiger partial charge in [0.2, 0.25) is 0 Å². The van der Waals surface area contributed by atoms with Crippen LogP contribution in [0.4, 0.5) is 0 Å². The molecule has 0 aromatic rings. The molecule has 0 heterocycles. The van der Waals surface area contributed by atoms with Gasteiger partial charge in [-0.25, -0.2) is 0 Å². The molecule has 0 aliphatic heterocycles. The van der Waals surface area contributed by atoms with Crippen molar-refractivity contribution >= 4 is 0 Å². The lowest BCUT2D eigenvalue weighted by atomic mass is 10.2. The molecule has 4 heteroatoms. The molecular formula is C10H21N3O. The normalized spacial score (nSPS) is 12.8. The highest BCUT2D eigenvalue weighted by Crippen LogP contribution is 1.94. The van der Waals surface area contributed by atoms with E-state index in [1.807, 2.05) is 7.05 Å². The van der Waals surface area contributed by atoms with Crippen LogP contribution in [0, 0.1) is 11.3 Å². The third-order valence-corrected chi connectivity index (χ3v) is 2.19. The van der Waals surface area contributed by atoms with Gasteiger partial charge in [0.1, 0.15) is 0 Å². The van der Waals surface area contributed by atoms with E-state index >= 15 is 0 Å². The first-order chi connectivity index (χ1) is 6.74. The number of hydrogen-bond donors (Lipinski definition) is 1. The number of methoxy groups -OCH3 is 1. The Morgan fingerprint density at radius 2 is 2.21 bits per heavy atom. The van der Waals surface area contributed by atoms with Crippen LogP contribution in [0.15, 0.2) is 0 Å². The van der Waals surface area contributed by atoms with Crippen molar-refractivity contribution < 1.29 is 4.74 Å². The van der Waals surface area contributed by atoms with Gasteiger partial charge in [-0.3, -0.25) is 0 Å². The van der Waals surface area contributed by atoms with E-state index in [2.05, 4.69) is 23.3 Å². The second-order valence-corrected chi connectivity index (χ2v) is 3.41. The molecule has 0 bridgehead atoms. The third kappa shape index (κ3) is 6.84. The van der Waals surface area contributed by atoms with Crippen LogP contribution in [0.3, 0.4) is 0 Å². The fourth-order valence-electron chi connectivity index (χ4n) is 1.21. The lowest BCUT2D eigenvalue weighted by Crippen LogP contribution is -2.30. The molecule has 1 unspecified atom stereocenters. The van der Waals surface area contributed by atoms with Crippen LogP contribution in [0.25, 0.3) is 0 Å². The molecule has 0 spiro atoms. The van der Waals surface area contributed by atoms with Gasteiger partial charge in [0, 0.05) is 26.8 Å². The third-order valence-electron chi connectivity index (χ3n) is 2.19. The number of hydrogen-bond acceptors (Lipinski definition) is 4. The van der Waals surface area contributed by atoms with Crippen LogP contribution in [0.1, 0.15) is 12.8 Å². The number of ether oxygens (including phenoxy) is 1. The fraction of sp³-hybridized carbons (Fsp3) is 0.900. The average Bonchev–Trinajstić information content (AvgIpc) is 2.20. The quantitative estimate of drug-likeness (QED) is 0.577. The summed E-state index contributed by atoms with van der Waals surface area (Å²) in [6, 6.07) is 2.18. The number of nitrogens with zero attached hydrogens (tertiary/aromatic N) is 2. The molecule has 1 atom stereocenters. The van der Waals surface area contributed by atoms with E-state index in [0.717, 1.165) is 32.5 Å². The maximum atomic E-state index is 8.70. The Labute approximate surface area is 86.8 Å². The molecule has 0 aromatic heterocycles. The molecule has 0 aliphatic rings. The molecule has 0 saturated carbocycles. The molecule has 0 radical (unpaired) electrons. The Morgan fingerprint density at radius 3 is 2.71 bits per heavy atom. The van der Waals surface area contributed by atoms with Gasteiger partial charge in [0.05, 0.1) is 12.1 Å². The van der Waals surface area contributed by atoms with E-state index in [4.69, 9.17) is 10.00 Å². The van der Waals surface area contributed by atoms with Gasteiger partial charge >= 0.3 is 0 Å². The van der Waals surface area contributed by atoms with Crippen molar-refractivity contribution in [2.45, 2.75) is 18.9 Å². The van der Waals surface area contributed by atoms with Crippen molar-refractivity contribution in [3.8, 4) is 6.07 Å². The van der Waals surface area contributed by atoms with Crippen LogP contribution in [0.5, 0.6) is 0 Å². The highest BCUT2D eigenvalue weighted by atomic mass is 16.5. The van der Waals surface area contributed by atoms with Crippen molar-refractivity contribution in [2.24, 2.45) is 0 Å². The summed E-state index contributed by atoms with van der Waals surface area (Å²) in [5.41, 5.74) is 0. The summed E-state index contributed by atoms with van der Waals surface area (Å²) in [6.45, 7) is 2.77. The summed E-state index contributed by atoms with van der Waals surface area (Å²) in [7, 11) is 5.60.